The number of carboxylic acids is 1. The molecule has 0 heterocycles. The summed E-state index contributed by atoms with van der Waals surface area (Å²) in [6, 6.07) is 7.32. The van der Waals surface area contributed by atoms with Crippen LogP contribution in [-0.4, -0.2) is 37.4 Å². The standard InChI is InChI=1S/C14H22N2O4S/c1-4-13(12-7-5-11(2)6-8-12)15-21(19,20)16(3)10-9-14(17)18/h5-8,13,15H,4,9-10H2,1-3H3,(H,17,18). The minimum Gasteiger partial charge on any atom is -0.481 e. The van der Waals surface area contributed by atoms with Crippen molar-refractivity contribution in [1.82, 2.24) is 9.03 Å². The minimum absolute atomic E-state index is 0.0605. The molecule has 0 spiro atoms. The molecule has 0 saturated heterocycles. The zero-order chi connectivity index (χ0) is 16.0. The number of hydrogen-bond donors (Lipinski definition) is 2. The second-order valence-corrected chi connectivity index (χ2v) is 6.77. The third kappa shape index (κ3) is 5.45. The highest BCUT2D eigenvalue weighted by Crippen LogP contribution is 2.18. The van der Waals surface area contributed by atoms with E-state index < -0.39 is 16.2 Å². The predicted octanol–water partition coefficient (Wildman–Crippen LogP) is 1.69. The number of aryl methyl sites for hydroxylation is 1. The lowest BCUT2D eigenvalue weighted by Crippen LogP contribution is -2.40. The van der Waals surface area contributed by atoms with Gasteiger partial charge in [0.15, 0.2) is 0 Å². The van der Waals surface area contributed by atoms with Crippen molar-refractivity contribution < 1.29 is 18.3 Å². The molecular weight excluding hydrogens is 292 g/mol. The Labute approximate surface area is 126 Å². The van der Waals surface area contributed by atoms with E-state index in [1.807, 2.05) is 38.1 Å². The molecule has 6 nitrogen and oxygen atoms in total. The van der Waals surface area contributed by atoms with Crippen LogP contribution in [0.3, 0.4) is 0 Å². The maximum Gasteiger partial charge on any atom is 0.304 e. The second kappa shape index (κ2) is 7.53. The summed E-state index contributed by atoms with van der Waals surface area (Å²) in [6.07, 6.45) is 0.383. The molecule has 0 fully saturated rings. The molecule has 118 valence electrons. The molecule has 0 aromatic heterocycles. The highest BCUT2D eigenvalue weighted by molar-refractivity contribution is 7.87. The lowest BCUT2D eigenvalue weighted by molar-refractivity contribution is -0.137. The van der Waals surface area contributed by atoms with Gasteiger partial charge in [-0.1, -0.05) is 36.8 Å². The average Bonchev–Trinajstić information content (AvgIpc) is 2.43. The van der Waals surface area contributed by atoms with Crippen LogP contribution in [-0.2, 0) is 15.0 Å². The van der Waals surface area contributed by atoms with Gasteiger partial charge < -0.3 is 5.11 Å². The molecule has 7 heteroatoms. The third-order valence-electron chi connectivity index (χ3n) is 3.23. The van der Waals surface area contributed by atoms with E-state index in [1.54, 1.807) is 0 Å². The lowest BCUT2D eigenvalue weighted by Gasteiger charge is -2.22. The molecule has 1 aromatic rings. The lowest BCUT2D eigenvalue weighted by atomic mass is 10.0. The normalized spacial score (nSPS) is 13.3. The highest BCUT2D eigenvalue weighted by Gasteiger charge is 2.22. The van der Waals surface area contributed by atoms with Crippen molar-refractivity contribution in [2.45, 2.75) is 32.7 Å². The predicted molar refractivity (Wildman–Crippen MR) is 81.1 cm³/mol. The van der Waals surface area contributed by atoms with Gasteiger partial charge in [-0.05, 0) is 18.9 Å². The summed E-state index contributed by atoms with van der Waals surface area (Å²) in [4.78, 5) is 10.5. The molecular formula is C14H22N2O4S. The summed E-state index contributed by atoms with van der Waals surface area (Å²) in [5.41, 5.74) is 1.99. The van der Waals surface area contributed by atoms with E-state index in [2.05, 4.69) is 4.72 Å². The van der Waals surface area contributed by atoms with Crippen LogP contribution >= 0.6 is 0 Å². The Morgan fingerprint density at radius 1 is 1.33 bits per heavy atom. The molecule has 0 aliphatic carbocycles. The van der Waals surface area contributed by atoms with Crippen molar-refractivity contribution in [2.75, 3.05) is 13.6 Å². The second-order valence-electron chi connectivity index (χ2n) is 4.96. The topological polar surface area (TPSA) is 86.7 Å². The fraction of sp³-hybridized carbons (Fsp3) is 0.500. The summed E-state index contributed by atoms with van der Waals surface area (Å²) >= 11 is 0. The van der Waals surface area contributed by atoms with Crippen LogP contribution in [0.15, 0.2) is 24.3 Å². The summed E-state index contributed by atoms with van der Waals surface area (Å²) < 4.78 is 28.0. The number of rotatable bonds is 8. The van der Waals surface area contributed by atoms with Gasteiger partial charge in [0.25, 0.3) is 10.2 Å². The summed E-state index contributed by atoms with van der Waals surface area (Å²) in [5, 5.41) is 8.62. The SMILES string of the molecule is CCC(NS(=O)(=O)N(C)CCC(=O)O)c1ccc(C)cc1. The van der Waals surface area contributed by atoms with E-state index in [0.29, 0.717) is 6.42 Å². The summed E-state index contributed by atoms with van der Waals surface area (Å²) in [7, 11) is -2.34. The van der Waals surface area contributed by atoms with E-state index in [9.17, 15) is 13.2 Å². The van der Waals surface area contributed by atoms with Crippen LogP contribution in [0.2, 0.25) is 0 Å². The highest BCUT2D eigenvalue weighted by atomic mass is 32.2. The minimum atomic E-state index is -3.71. The molecule has 0 bridgehead atoms. The molecule has 21 heavy (non-hydrogen) atoms. The zero-order valence-corrected chi connectivity index (χ0v) is 13.4. The number of benzene rings is 1. The van der Waals surface area contributed by atoms with Crippen LogP contribution in [0, 0.1) is 6.92 Å². The third-order valence-corrected chi connectivity index (χ3v) is 4.82. The average molecular weight is 314 g/mol. The van der Waals surface area contributed by atoms with Crippen LogP contribution in [0.25, 0.3) is 0 Å². The number of carboxylic acid groups (broad SMARTS) is 1. The first-order valence-corrected chi connectivity index (χ1v) is 8.22. The number of nitrogens with one attached hydrogen (secondary N) is 1. The number of hydrogen-bond acceptors (Lipinski definition) is 3. The Morgan fingerprint density at radius 3 is 2.38 bits per heavy atom. The molecule has 1 rings (SSSR count). The Bertz CT molecular complexity index is 569. The van der Waals surface area contributed by atoms with Crippen LogP contribution in [0.1, 0.15) is 36.9 Å². The Morgan fingerprint density at radius 2 is 1.90 bits per heavy atom. The van der Waals surface area contributed by atoms with Crippen molar-refractivity contribution in [3.63, 3.8) is 0 Å². The van der Waals surface area contributed by atoms with E-state index in [0.717, 1.165) is 15.4 Å². The molecule has 0 radical (unpaired) electrons. The van der Waals surface area contributed by atoms with Gasteiger partial charge in [-0.25, -0.2) is 0 Å². The molecule has 2 N–H and O–H groups in total. The van der Waals surface area contributed by atoms with Gasteiger partial charge in [0, 0.05) is 19.6 Å². The maximum absolute atomic E-state index is 12.2. The number of nitrogens with zero attached hydrogens (tertiary/aromatic N) is 1. The van der Waals surface area contributed by atoms with Crippen molar-refractivity contribution in [3.8, 4) is 0 Å². The first-order chi connectivity index (χ1) is 9.76. The summed E-state index contributed by atoms with van der Waals surface area (Å²) in [6.45, 7) is 3.80. The van der Waals surface area contributed by atoms with E-state index >= 15 is 0 Å². The monoisotopic (exact) mass is 314 g/mol. The molecule has 0 aliphatic rings. The first-order valence-electron chi connectivity index (χ1n) is 6.78. The zero-order valence-electron chi connectivity index (χ0n) is 12.5. The maximum atomic E-state index is 12.2. The van der Waals surface area contributed by atoms with Gasteiger partial charge in [-0.15, -0.1) is 0 Å². The molecule has 1 atom stereocenters. The van der Waals surface area contributed by atoms with Crippen molar-refractivity contribution in [1.29, 1.82) is 0 Å². The fourth-order valence-corrected chi connectivity index (χ4v) is 3.00. The van der Waals surface area contributed by atoms with Gasteiger partial charge in [0.1, 0.15) is 0 Å². The van der Waals surface area contributed by atoms with Gasteiger partial charge in [0.2, 0.25) is 0 Å². The summed E-state index contributed by atoms with van der Waals surface area (Å²) in [5.74, 6) is -1.03. The number of carbonyl (C=O) groups is 1. The first kappa shape index (κ1) is 17.6. The largest absolute Gasteiger partial charge is 0.481 e. The van der Waals surface area contributed by atoms with E-state index in [-0.39, 0.29) is 19.0 Å². The van der Waals surface area contributed by atoms with Crippen molar-refractivity contribution in [3.05, 3.63) is 35.4 Å². The van der Waals surface area contributed by atoms with Gasteiger partial charge in [-0.2, -0.15) is 17.4 Å². The molecule has 0 saturated carbocycles. The smallest absolute Gasteiger partial charge is 0.304 e. The van der Waals surface area contributed by atoms with Gasteiger partial charge in [-0.3, -0.25) is 4.79 Å². The number of aliphatic carboxylic acids is 1. The van der Waals surface area contributed by atoms with Crippen molar-refractivity contribution >= 4 is 16.2 Å². The Balaban J connectivity index is 2.79. The molecule has 1 unspecified atom stereocenters. The molecule has 0 amide bonds. The van der Waals surface area contributed by atoms with Crippen LogP contribution in [0.4, 0.5) is 0 Å². The van der Waals surface area contributed by atoms with Crippen LogP contribution < -0.4 is 4.72 Å². The Kier molecular flexibility index (Phi) is 6.32. The van der Waals surface area contributed by atoms with Gasteiger partial charge in [0.05, 0.1) is 6.42 Å². The van der Waals surface area contributed by atoms with Crippen molar-refractivity contribution in [2.24, 2.45) is 0 Å². The quantitative estimate of drug-likeness (QED) is 0.764. The van der Waals surface area contributed by atoms with Crippen LogP contribution in [0.5, 0.6) is 0 Å². The molecule has 0 aliphatic heterocycles. The fourth-order valence-electron chi connectivity index (χ4n) is 1.83. The molecule has 1 aromatic carbocycles. The van der Waals surface area contributed by atoms with Gasteiger partial charge >= 0.3 is 5.97 Å². The van der Waals surface area contributed by atoms with E-state index in [4.69, 9.17) is 5.11 Å². The van der Waals surface area contributed by atoms with E-state index in [1.165, 1.54) is 7.05 Å². The Hall–Kier alpha value is -1.44.